The van der Waals surface area contributed by atoms with E-state index in [0.29, 0.717) is 20.5 Å². The molecule has 14 heteroatoms. The maximum Gasteiger partial charge on any atom is 0.380 e. The van der Waals surface area contributed by atoms with Crippen LogP contribution < -0.4 is 0 Å². The summed E-state index contributed by atoms with van der Waals surface area (Å²) in [6.45, 7) is 17.1. The van der Waals surface area contributed by atoms with Crippen molar-refractivity contribution in [2.24, 2.45) is 9.98 Å². The van der Waals surface area contributed by atoms with Crippen LogP contribution in [0, 0.1) is 24.0 Å². The van der Waals surface area contributed by atoms with E-state index in [-0.39, 0.29) is 32.2 Å². The fourth-order valence-corrected chi connectivity index (χ4v) is 9.23. The number of alkyl halides is 6. The van der Waals surface area contributed by atoms with Crippen LogP contribution in [0.1, 0.15) is 87.4 Å². The van der Waals surface area contributed by atoms with Gasteiger partial charge in [-0.25, -0.2) is 0 Å². The van der Waals surface area contributed by atoms with Crippen LogP contribution in [-0.4, -0.2) is 61.4 Å². The second kappa shape index (κ2) is 10.3. The number of allylic oxidation sites excluding steroid dienone is 2. The summed E-state index contributed by atoms with van der Waals surface area (Å²) in [6, 6.07) is 8.87. The summed E-state index contributed by atoms with van der Waals surface area (Å²) in [6.07, 6.45) is 0. The molecule has 0 spiro atoms. The molecule has 270 valence electrons. The zero-order chi connectivity index (χ0) is 37.8. The zero-order valence-corrected chi connectivity index (χ0v) is 31.3. The molecule has 0 N–H and O–H groups in total. The number of hydrogen-bond donors (Lipinski definition) is 0. The summed E-state index contributed by atoms with van der Waals surface area (Å²) < 4.78 is 97.0. The third-order valence-electron chi connectivity index (χ3n) is 11.6. The summed E-state index contributed by atoms with van der Waals surface area (Å²) in [4.78, 5) is 22.8. The quantitative estimate of drug-likeness (QED) is 0.154. The minimum atomic E-state index is -5.75. The predicted molar refractivity (Wildman–Crippen MR) is 193 cm³/mol. The van der Waals surface area contributed by atoms with Gasteiger partial charge in [-0.1, -0.05) is 28.1 Å². The Morgan fingerprint density at radius 3 is 1.55 bits per heavy atom. The first kappa shape index (κ1) is 35.8. The average molecular weight is 747 g/mol. The average Bonchev–Trinajstić information content (AvgIpc) is 3.64. The Balaban J connectivity index is 1.45. The van der Waals surface area contributed by atoms with E-state index in [2.05, 4.69) is 9.98 Å². The van der Waals surface area contributed by atoms with Crippen molar-refractivity contribution in [3.8, 4) is 0 Å². The maximum absolute atomic E-state index is 16.1. The van der Waals surface area contributed by atoms with Gasteiger partial charge in [0.15, 0.2) is 11.1 Å². The highest BCUT2D eigenvalue weighted by Crippen LogP contribution is 2.67. The molecule has 0 fully saturated rings. The van der Waals surface area contributed by atoms with E-state index in [1.807, 2.05) is 27.7 Å². The molecule has 0 unspecified atom stereocenters. The number of aliphatic imine (C=N–C) groups is 2. The molecule has 1 aliphatic carbocycles. The molecule has 0 atom stereocenters. The van der Waals surface area contributed by atoms with Gasteiger partial charge in [0.05, 0.1) is 11.1 Å². The molecule has 6 nitrogen and oxygen atoms in total. The Bertz CT molecular complexity index is 2330. The molecule has 2 aliphatic heterocycles. The van der Waals surface area contributed by atoms with Crippen molar-refractivity contribution in [1.82, 2.24) is 5.06 Å². The summed E-state index contributed by atoms with van der Waals surface area (Å²) in [5, 5.41) is 14.2. The molecule has 2 aromatic heterocycles. The minimum Gasteiger partial charge on any atom is -0.757 e. The minimum absolute atomic E-state index is 0.0796. The van der Waals surface area contributed by atoms with Gasteiger partial charge in [0, 0.05) is 63.3 Å². The van der Waals surface area contributed by atoms with Gasteiger partial charge in [0.1, 0.15) is 5.84 Å². The molecular weight excluding hydrogens is 711 g/mol. The molecule has 2 aromatic carbocycles. The number of nitrogens with zero attached hydrogens (tertiary/aromatic N) is 4. The Hall–Kier alpha value is -3.62. The molecular formula is C37H36F6N4O2S2. The van der Waals surface area contributed by atoms with Gasteiger partial charge in [0.2, 0.25) is 0 Å². The van der Waals surface area contributed by atoms with E-state index in [0.717, 1.165) is 32.5 Å². The monoisotopic (exact) mass is 746 g/mol. The SMILES string of the molecule is Cc1sc2cc(C3=NC(C)(C)C(C)(C)N3[O-])ccc2c1C1=C(c2c(C)sc3cc(C4=NC(C)(C)C(C)(C)[N+]4=O)ccc23)C(F)(F)C(F)(F)C1(F)F. The van der Waals surface area contributed by atoms with Gasteiger partial charge in [-0.2, -0.15) is 26.3 Å². The largest absolute Gasteiger partial charge is 0.757 e. The van der Waals surface area contributed by atoms with E-state index in [9.17, 15) is 10.1 Å². The number of hydrogen-bond acceptors (Lipinski definition) is 7. The number of aryl methyl sites for hydroxylation is 2. The molecule has 0 radical (unpaired) electrons. The zero-order valence-electron chi connectivity index (χ0n) is 29.7. The topological polar surface area (TPSA) is 71.1 Å². The van der Waals surface area contributed by atoms with E-state index in [4.69, 9.17) is 0 Å². The van der Waals surface area contributed by atoms with Gasteiger partial charge >= 0.3 is 23.6 Å². The third kappa shape index (κ3) is 4.38. The molecule has 4 aromatic rings. The highest BCUT2D eigenvalue weighted by atomic mass is 32.1. The molecule has 4 heterocycles. The number of rotatable bonds is 4. The highest BCUT2D eigenvalue weighted by Gasteiger charge is 2.80. The lowest BCUT2D eigenvalue weighted by Crippen LogP contribution is -2.50. The Kier molecular flexibility index (Phi) is 7.21. The van der Waals surface area contributed by atoms with Crippen LogP contribution in [0.2, 0.25) is 0 Å². The number of benzene rings is 2. The Morgan fingerprint density at radius 2 is 1.14 bits per heavy atom. The van der Waals surface area contributed by atoms with Crippen LogP contribution in [-0.2, 0) is 0 Å². The lowest BCUT2D eigenvalue weighted by Gasteiger charge is -2.45. The maximum atomic E-state index is 16.1. The van der Waals surface area contributed by atoms with E-state index in [1.54, 1.807) is 39.8 Å². The van der Waals surface area contributed by atoms with Crippen LogP contribution in [0.3, 0.4) is 0 Å². The van der Waals surface area contributed by atoms with Crippen molar-refractivity contribution < 1.29 is 31.1 Å². The third-order valence-corrected chi connectivity index (χ3v) is 13.7. The lowest BCUT2D eigenvalue weighted by atomic mass is 9.84. The number of thiophene rings is 2. The van der Waals surface area contributed by atoms with Gasteiger partial charge in [0.25, 0.3) is 0 Å². The normalized spacial score (nSPS) is 23.9. The van der Waals surface area contributed by atoms with Crippen molar-refractivity contribution in [2.75, 3.05) is 0 Å². The van der Waals surface area contributed by atoms with E-state index < -0.39 is 62.2 Å². The highest BCUT2D eigenvalue weighted by molar-refractivity contribution is 7.19. The van der Waals surface area contributed by atoms with Crippen LogP contribution in [0.15, 0.2) is 46.4 Å². The molecule has 51 heavy (non-hydrogen) atoms. The second-order valence-electron chi connectivity index (χ2n) is 15.7. The number of fused-ring (bicyclic) bond motifs is 2. The van der Waals surface area contributed by atoms with Gasteiger partial charge in [-0.05, 0) is 92.2 Å². The van der Waals surface area contributed by atoms with E-state index >= 15 is 26.3 Å². The van der Waals surface area contributed by atoms with Crippen LogP contribution in [0.4, 0.5) is 26.3 Å². The number of nitroso groups, excluding NO2 is 1. The molecule has 0 amide bonds. The summed E-state index contributed by atoms with van der Waals surface area (Å²) in [5.41, 5.74) is -6.19. The van der Waals surface area contributed by atoms with Crippen LogP contribution in [0.25, 0.3) is 31.3 Å². The van der Waals surface area contributed by atoms with Crippen molar-refractivity contribution in [3.63, 3.8) is 0 Å². The molecule has 0 saturated heterocycles. The van der Waals surface area contributed by atoms with Crippen LogP contribution in [0.5, 0.6) is 0 Å². The van der Waals surface area contributed by atoms with Crippen molar-refractivity contribution in [3.05, 3.63) is 78.5 Å². The second-order valence-corrected chi connectivity index (χ2v) is 18.2. The molecule has 0 saturated carbocycles. The number of halogens is 6. The Morgan fingerprint density at radius 1 is 0.686 bits per heavy atom. The molecule has 0 bridgehead atoms. The number of hydroxylamine groups is 2. The summed E-state index contributed by atoms with van der Waals surface area (Å²) >= 11 is 1.97. The van der Waals surface area contributed by atoms with Gasteiger partial charge < -0.3 is 10.3 Å². The van der Waals surface area contributed by atoms with Crippen LogP contribution >= 0.6 is 22.7 Å². The first-order valence-electron chi connectivity index (χ1n) is 16.3. The summed E-state index contributed by atoms with van der Waals surface area (Å²) in [7, 11) is 0. The first-order valence-corrected chi connectivity index (χ1v) is 18.0. The smallest absolute Gasteiger partial charge is 0.380 e. The Labute approximate surface area is 298 Å². The standard InChI is InChI=1S/C37H36F6N4O2S2/c1-17-25(21-13-11-19(15-23(21)50-17)29-44-31(3,4)33(7,8)46(29)48)27-28(36(40,41)37(42,43)35(27,38)39)26-18(2)51-24-16-20(12-14-22(24)26)30-45-32(5,6)34(9,10)47(30)49/h11-16H,1-10H3. The molecule has 3 aliphatic rings. The lowest BCUT2D eigenvalue weighted by molar-refractivity contribution is -0.514. The predicted octanol–water partition coefficient (Wildman–Crippen LogP) is 10.8. The van der Waals surface area contributed by atoms with Gasteiger partial charge in [-0.15, -0.1) is 22.7 Å². The molecule has 7 rings (SSSR count). The van der Waals surface area contributed by atoms with Gasteiger partial charge in [-0.3, -0.25) is 4.99 Å². The van der Waals surface area contributed by atoms with Crippen molar-refractivity contribution in [2.45, 2.75) is 109 Å². The number of amidine groups is 2. The van der Waals surface area contributed by atoms with Crippen molar-refractivity contribution >= 4 is 65.7 Å². The fraction of sp³-hybridized carbons (Fsp3) is 0.459. The summed E-state index contributed by atoms with van der Waals surface area (Å²) in [5.74, 6) is -16.0. The fourth-order valence-electron chi connectivity index (χ4n) is 7.01. The van der Waals surface area contributed by atoms with E-state index in [1.165, 1.54) is 38.1 Å². The first-order chi connectivity index (χ1) is 23.2. The van der Waals surface area contributed by atoms with Crippen molar-refractivity contribution in [1.29, 1.82) is 0 Å².